The molecule has 0 aliphatic carbocycles. The third kappa shape index (κ3) is 7.93. The average Bonchev–Trinajstić information content (AvgIpc) is 3.29. The summed E-state index contributed by atoms with van der Waals surface area (Å²) in [6.45, 7) is 3.89. The molecule has 1 saturated heterocycles. The van der Waals surface area contributed by atoms with E-state index in [1.165, 1.54) is 25.5 Å². The number of guanidine groups is 1. The Labute approximate surface area is 174 Å². The van der Waals surface area contributed by atoms with Gasteiger partial charge in [-0.15, -0.1) is 0 Å². The molecule has 1 fully saturated rings. The molecule has 0 bridgehead atoms. The highest BCUT2D eigenvalue weighted by Gasteiger charge is 2.23. The first-order valence-electron chi connectivity index (χ1n) is 10.6. The van der Waals surface area contributed by atoms with Gasteiger partial charge in [0.1, 0.15) is 5.75 Å². The van der Waals surface area contributed by atoms with Gasteiger partial charge in [0.2, 0.25) is 0 Å². The number of esters is 1. The van der Waals surface area contributed by atoms with Gasteiger partial charge in [-0.2, -0.15) is 0 Å². The molecule has 0 aromatic heterocycles. The van der Waals surface area contributed by atoms with E-state index < -0.39 is 0 Å². The molecule has 0 amide bonds. The number of carbonyl (C=O) groups is 1. The minimum Gasteiger partial charge on any atom is -0.497 e. The van der Waals surface area contributed by atoms with Crippen LogP contribution in [-0.4, -0.2) is 64.3 Å². The van der Waals surface area contributed by atoms with Crippen molar-refractivity contribution in [3.8, 4) is 5.75 Å². The molecular weight excluding hydrogens is 368 g/mol. The fourth-order valence-electron chi connectivity index (χ4n) is 3.63. The van der Waals surface area contributed by atoms with Gasteiger partial charge in [-0.05, 0) is 56.5 Å². The summed E-state index contributed by atoms with van der Waals surface area (Å²) in [6.07, 6.45) is 5.83. The molecule has 1 atom stereocenters. The molecule has 7 nitrogen and oxygen atoms in total. The van der Waals surface area contributed by atoms with E-state index in [-0.39, 0.29) is 5.97 Å². The molecule has 2 N–H and O–H groups in total. The predicted molar refractivity (Wildman–Crippen MR) is 116 cm³/mol. The number of unbranched alkanes of at least 4 members (excludes halogenated alkanes) is 2. The van der Waals surface area contributed by atoms with Crippen LogP contribution >= 0.6 is 0 Å². The monoisotopic (exact) mass is 404 g/mol. The molecule has 162 valence electrons. The summed E-state index contributed by atoms with van der Waals surface area (Å²) in [5, 5.41) is 6.85. The van der Waals surface area contributed by atoms with E-state index in [2.05, 4.69) is 37.4 Å². The van der Waals surface area contributed by atoms with Gasteiger partial charge in [0.25, 0.3) is 0 Å². The van der Waals surface area contributed by atoms with Crippen LogP contribution < -0.4 is 15.4 Å². The molecule has 1 aliphatic heterocycles. The van der Waals surface area contributed by atoms with Crippen LogP contribution in [-0.2, 0) is 9.53 Å². The first kappa shape index (κ1) is 23.0. The molecule has 1 heterocycles. The van der Waals surface area contributed by atoms with Crippen LogP contribution in [0.1, 0.15) is 50.1 Å². The van der Waals surface area contributed by atoms with E-state index in [9.17, 15) is 4.79 Å². The Morgan fingerprint density at radius 1 is 1.10 bits per heavy atom. The molecule has 0 saturated carbocycles. The number of benzene rings is 1. The summed E-state index contributed by atoms with van der Waals surface area (Å²) < 4.78 is 9.96. The lowest BCUT2D eigenvalue weighted by molar-refractivity contribution is -0.140. The van der Waals surface area contributed by atoms with Crippen LogP contribution in [0.4, 0.5) is 0 Å². The Bertz CT molecular complexity index is 627. The maximum absolute atomic E-state index is 11.1. The number of methoxy groups -OCH3 is 2. The quantitative estimate of drug-likeness (QED) is 0.256. The Kier molecular flexibility index (Phi) is 10.3. The van der Waals surface area contributed by atoms with Gasteiger partial charge in [-0.25, -0.2) is 0 Å². The molecule has 1 aliphatic rings. The maximum atomic E-state index is 11.1. The number of hydrogen-bond acceptors (Lipinski definition) is 5. The van der Waals surface area contributed by atoms with Crippen LogP contribution in [0.25, 0.3) is 0 Å². The van der Waals surface area contributed by atoms with E-state index >= 15 is 0 Å². The lowest BCUT2D eigenvalue weighted by atomic mass is 10.1. The van der Waals surface area contributed by atoms with E-state index in [0.717, 1.165) is 57.2 Å². The predicted octanol–water partition coefficient (Wildman–Crippen LogP) is 2.73. The largest absolute Gasteiger partial charge is 0.497 e. The molecular formula is C22H36N4O3. The minimum absolute atomic E-state index is 0.137. The highest BCUT2D eigenvalue weighted by molar-refractivity contribution is 5.79. The second-order valence-corrected chi connectivity index (χ2v) is 7.30. The molecule has 7 heteroatoms. The van der Waals surface area contributed by atoms with E-state index in [0.29, 0.717) is 12.5 Å². The maximum Gasteiger partial charge on any atom is 0.305 e. The lowest BCUT2D eigenvalue weighted by Crippen LogP contribution is -2.43. The SMILES string of the molecule is CN=C(NCCCCCC(=O)OC)NCC(c1ccc(OC)cc1)N1CCCC1. The van der Waals surface area contributed by atoms with Gasteiger partial charge in [0.05, 0.1) is 20.3 Å². The van der Waals surface area contributed by atoms with E-state index in [4.69, 9.17) is 4.74 Å². The number of nitrogens with zero attached hydrogens (tertiary/aromatic N) is 2. The Morgan fingerprint density at radius 3 is 2.45 bits per heavy atom. The second kappa shape index (κ2) is 13.0. The highest BCUT2D eigenvalue weighted by Crippen LogP contribution is 2.26. The van der Waals surface area contributed by atoms with Gasteiger partial charge < -0.3 is 20.1 Å². The third-order valence-electron chi connectivity index (χ3n) is 5.35. The van der Waals surface area contributed by atoms with Gasteiger partial charge in [-0.3, -0.25) is 14.7 Å². The standard InChI is InChI=1S/C22H36N4O3/c1-23-22(24-14-6-4-5-9-21(27)29-3)25-17-20(26-15-7-8-16-26)18-10-12-19(28-2)13-11-18/h10-13,20H,4-9,14-17H2,1-3H3,(H2,23,24,25). The van der Waals surface area contributed by atoms with Crippen LogP contribution in [0, 0.1) is 0 Å². The fourth-order valence-corrected chi connectivity index (χ4v) is 3.63. The molecule has 0 radical (unpaired) electrons. The number of likely N-dealkylation sites (tertiary alicyclic amines) is 1. The number of hydrogen-bond donors (Lipinski definition) is 2. The lowest BCUT2D eigenvalue weighted by Gasteiger charge is -2.29. The van der Waals surface area contributed by atoms with Crippen molar-refractivity contribution in [3.63, 3.8) is 0 Å². The first-order valence-corrected chi connectivity index (χ1v) is 10.6. The topological polar surface area (TPSA) is 75.2 Å². The summed E-state index contributed by atoms with van der Waals surface area (Å²) in [7, 11) is 4.92. The van der Waals surface area contributed by atoms with Crippen molar-refractivity contribution in [2.24, 2.45) is 4.99 Å². The summed E-state index contributed by atoms with van der Waals surface area (Å²) in [5.41, 5.74) is 1.29. The van der Waals surface area contributed by atoms with Crippen molar-refractivity contribution in [2.75, 3.05) is 47.4 Å². The molecule has 1 aromatic carbocycles. The van der Waals surface area contributed by atoms with Crippen LogP contribution in [0.5, 0.6) is 5.75 Å². The Morgan fingerprint density at radius 2 is 1.83 bits per heavy atom. The number of carbonyl (C=O) groups excluding carboxylic acids is 1. The van der Waals surface area contributed by atoms with E-state index in [1.54, 1.807) is 14.2 Å². The van der Waals surface area contributed by atoms with Crippen molar-refractivity contribution in [1.82, 2.24) is 15.5 Å². The number of ether oxygens (including phenoxy) is 2. The number of rotatable bonds is 11. The number of aliphatic imine (C=N–C) groups is 1. The first-order chi connectivity index (χ1) is 14.2. The van der Waals surface area contributed by atoms with Crippen LogP contribution in [0.3, 0.4) is 0 Å². The zero-order valence-corrected chi connectivity index (χ0v) is 18.1. The van der Waals surface area contributed by atoms with Crippen molar-refractivity contribution in [1.29, 1.82) is 0 Å². The normalized spacial score (nSPS) is 15.8. The van der Waals surface area contributed by atoms with Crippen molar-refractivity contribution in [3.05, 3.63) is 29.8 Å². The van der Waals surface area contributed by atoms with Crippen molar-refractivity contribution in [2.45, 2.75) is 44.6 Å². The minimum atomic E-state index is -0.137. The van der Waals surface area contributed by atoms with Crippen molar-refractivity contribution < 1.29 is 14.3 Å². The average molecular weight is 405 g/mol. The Hall–Kier alpha value is -2.28. The van der Waals surface area contributed by atoms with Crippen LogP contribution in [0.2, 0.25) is 0 Å². The van der Waals surface area contributed by atoms with Gasteiger partial charge in [-0.1, -0.05) is 18.6 Å². The van der Waals surface area contributed by atoms with E-state index in [1.807, 2.05) is 12.1 Å². The highest BCUT2D eigenvalue weighted by atomic mass is 16.5. The molecule has 0 spiro atoms. The molecule has 2 rings (SSSR count). The zero-order chi connectivity index (χ0) is 20.9. The summed E-state index contributed by atoms with van der Waals surface area (Å²) in [5.74, 6) is 1.56. The summed E-state index contributed by atoms with van der Waals surface area (Å²) in [4.78, 5) is 18.0. The second-order valence-electron chi connectivity index (χ2n) is 7.30. The molecule has 1 unspecified atom stereocenters. The smallest absolute Gasteiger partial charge is 0.305 e. The summed E-state index contributed by atoms with van der Waals surface area (Å²) >= 11 is 0. The Balaban J connectivity index is 1.80. The zero-order valence-electron chi connectivity index (χ0n) is 18.1. The van der Waals surface area contributed by atoms with Crippen LogP contribution in [0.15, 0.2) is 29.3 Å². The van der Waals surface area contributed by atoms with Gasteiger partial charge in [0.15, 0.2) is 5.96 Å². The summed E-state index contributed by atoms with van der Waals surface area (Å²) in [6, 6.07) is 8.67. The number of nitrogens with one attached hydrogen (secondary N) is 2. The fraction of sp³-hybridized carbons (Fsp3) is 0.636. The van der Waals surface area contributed by atoms with Crippen molar-refractivity contribution >= 4 is 11.9 Å². The third-order valence-corrected chi connectivity index (χ3v) is 5.35. The van der Waals surface area contributed by atoms with Gasteiger partial charge >= 0.3 is 5.97 Å². The molecule has 1 aromatic rings. The van der Waals surface area contributed by atoms with Gasteiger partial charge in [0, 0.05) is 26.6 Å². The molecule has 29 heavy (non-hydrogen) atoms.